The highest BCUT2D eigenvalue weighted by Gasteiger charge is 2.13. The molecule has 2 aromatic rings. The molecular weight excluding hydrogens is 335 g/mol. The molecule has 0 spiro atoms. The Kier molecular flexibility index (Phi) is 5.74. The largest absolute Gasteiger partial charge is 0.497 e. The van der Waals surface area contributed by atoms with Crippen LogP contribution in [-0.4, -0.2) is 32.0 Å². The van der Waals surface area contributed by atoms with Crippen molar-refractivity contribution in [2.24, 2.45) is 0 Å². The van der Waals surface area contributed by atoms with E-state index in [1.54, 1.807) is 44.3 Å². The zero-order chi connectivity index (χ0) is 17.0. The minimum absolute atomic E-state index is 0.00782. The molecule has 0 saturated carbocycles. The lowest BCUT2D eigenvalue weighted by atomic mass is 10.1. The maximum atomic E-state index is 12.1. The van der Waals surface area contributed by atoms with Crippen LogP contribution in [-0.2, 0) is 11.2 Å². The van der Waals surface area contributed by atoms with Crippen LogP contribution in [0, 0.1) is 0 Å². The van der Waals surface area contributed by atoms with Gasteiger partial charge in [0.1, 0.15) is 5.75 Å². The number of carbonyl (C=O) groups excluding carboxylic acids is 1. The van der Waals surface area contributed by atoms with Crippen molar-refractivity contribution < 1.29 is 9.53 Å². The van der Waals surface area contributed by atoms with Crippen LogP contribution in [0.1, 0.15) is 5.56 Å². The van der Waals surface area contributed by atoms with Crippen molar-refractivity contribution in [1.29, 1.82) is 0 Å². The van der Waals surface area contributed by atoms with Crippen LogP contribution in [0.2, 0.25) is 10.0 Å². The summed E-state index contributed by atoms with van der Waals surface area (Å²) in [6.45, 7) is 0. The van der Waals surface area contributed by atoms with Crippen LogP contribution in [0.3, 0.4) is 0 Å². The molecule has 6 heteroatoms. The minimum atomic E-state index is -0.00782. The quantitative estimate of drug-likeness (QED) is 0.868. The maximum absolute atomic E-state index is 12.1. The zero-order valence-electron chi connectivity index (χ0n) is 13.2. The fraction of sp³-hybridized carbons (Fsp3) is 0.235. The number of carbonyl (C=O) groups is 1. The van der Waals surface area contributed by atoms with E-state index >= 15 is 0 Å². The molecular formula is C17H18Cl2N2O2. The number of halogens is 2. The molecule has 1 amide bonds. The van der Waals surface area contributed by atoms with Gasteiger partial charge in [-0.2, -0.15) is 0 Å². The smallest absolute Gasteiger partial charge is 0.226 e. The molecule has 0 radical (unpaired) electrons. The summed E-state index contributed by atoms with van der Waals surface area (Å²) in [5.41, 5.74) is 2.18. The summed E-state index contributed by atoms with van der Waals surface area (Å²) < 4.78 is 5.24. The van der Waals surface area contributed by atoms with Gasteiger partial charge in [0.2, 0.25) is 5.91 Å². The number of amides is 1. The molecule has 0 heterocycles. The Labute approximate surface area is 146 Å². The Hall–Kier alpha value is -1.91. The van der Waals surface area contributed by atoms with Gasteiger partial charge in [-0.15, -0.1) is 0 Å². The van der Waals surface area contributed by atoms with Crippen LogP contribution in [0.15, 0.2) is 36.4 Å². The van der Waals surface area contributed by atoms with Crippen molar-refractivity contribution in [3.8, 4) is 5.75 Å². The van der Waals surface area contributed by atoms with Gasteiger partial charge in [0, 0.05) is 19.8 Å². The van der Waals surface area contributed by atoms with Crippen LogP contribution in [0.25, 0.3) is 0 Å². The predicted octanol–water partition coefficient (Wildman–Crippen LogP) is 4.38. The molecule has 0 bridgehead atoms. The average molecular weight is 353 g/mol. The fourth-order valence-electron chi connectivity index (χ4n) is 2.04. The molecule has 0 aliphatic rings. The molecule has 1 N–H and O–H groups in total. The summed E-state index contributed by atoms with van der Waals surface area (Å²) in [5.74, 6) is 0.675. The molecule has 0 saturated heterocycles. The molecule has 23 heavy (non-hydrogen) atoms. The Morgan fingerprint density at radius 3 is 2.39 bits per heavy atom. The highest BCUT2D eigenvalue weighted by atomic mass is 35.5. The lowest BCUT2D eigenvalue weighted by Crippen LogP contribution is -2.23. The second kappa shape index (κ2) is 7.57. The van der Waals surface area contributed by atoms with E-state index in [2.05, 4.69) is 5.32 Å². The number of nitrogens with zero attached hydrogens (tertiary/aromatic N) is 1. The average Bonchev–Trinajstić information content (AvgIpc) is 2.52. The van der Waals surface area contributed by atoms with E-state index in [-0.39, 0.29) is 12.3 Å². The number of rotatable bonds is 5. The number of benzene rings is 2. The summed E-state index contributed by atoms with van der Waals surface area (Å²) in [5, 5.41) is 4.24. The maximum Gasteiger partial charge on any atom is 0.226 e. The summed E-state index contributed by atoms with van der Waals surface area (Å²) in [7, 11) is 5.03. The van der Waals surface area contributed by atoms with Gasteiger partial charge in [-0.25, -0.2) is 0 Å². The van der Waals surface area contributed by atoms with Crippen molar-refractivity contribution in [3.05, 3.63) is 52.0 Å². The topological polar surface area (TPSA) is 41.6 Å². The van der Waals surface area contributed by atoms with Gasteiger partial charge < -0.3 is 15.0 Å². The van der Waals surface area contributed by atoms with Crippen LogP contribution in [0.5, 0.6) is 5.75 Å². The van der Waals surface area contributed by atoms with Gasteiger partial charge >= 0.3 is 0 Å². The third-order valence-corrected chi connectivity index (χ3v) is 4.01. The van der Waals surface area contributed by atoms with E-state index < -0.39 is 0 Å². The monoisotopic (exact) mass is 352 g/mol. The lowest BCUT2D eigenvalue weighted by Gasteiger charge is -2.17. The third kappa shape index (κ3) is 4.30. The number of nitrogens with one attached hydrogen (secondary N) is 1. The summed E-state index contributed by atoms with van der Waals surface area (Å²) >= 11 is 12.4. The highest BCUT2D eigenvalue weighted by Crippen LogP contribution is 2.34. The van der Waals surface area contributed by atoms with E-state index in [0.717, 1.165) is 11.3 Å². The van der Waals surface area contributed by atoms with Gasteiger partial charge in [0.25, 0.3) is 0 Å². The first-order chi connectivity index (χ1) is 10.9. The van der Waals surface area contributed by atoms with E-state index in [0.29, 0.717) is 21.5 Å². The van der Waals surface area contributed by atoms with E-state index in [1.807, 2.05) is 18.2 Å². The van der Waals surface area contributed by atoms with E-state index in [9.17, 15) is 4.79 Å². The van der Waals surface area contributed by atoms with Crippen molar-refractivity contribution in [2.45, 2.75) is 6.42 Å². The fourth-order valence-corrected chi connectivity index (χ4v) is 2.53. The molecule has 4 nitrogen and oxygen atoms in total. The van der Waals surface area contributed by atoms with Gasteiger partial charge in [-0.05, 0) is 35.9 Å². The summed E-state index contributed by atoms with van der Waals surface area (Å²) in [6.07, 6.45) is 0.245. The molecule has 0 atom stereocenters. The first kappa shape index (κ1) is 17.4. The van der Waals surface area contributed by atoms with Crippen LogP contribution < -0.4 is 10.1 Å². The predicted molar refractivity (Wildman–Crippen MR) is 95.1 cm³/mol. The first-order valence-corrected chi connectivity index (χ1v) is 7.76. The normalized spacial score (nSPS) is 10.3. The number of hydrogen-bond acceptors (Lipinski definition) is 3. The van der Waals surface area contributed by atoms with Gasteiger partial charge in [0.15, 0.2) is 0 Å². The van der Waals surface area contributed by atoms with Crippen molar-refractivity contribution in [2.75, 3.05) is 26.5 Å². The van der Waals surface area contributed by atoms with Crippen LogP contribution in [0.4, 0.5) is 11.4 Å². The van der Waals surface area contributed by atoms with Crippen molar-refractivity contribution >= 4 is 40.5 Å². The Bertz CT molecular complexity index is 697. The first-order valence-electron chi connectivity index (χ1n) is 7.00. The third-order valence-electron chi connectivity index (χ3n) is 3.38. The molecule has 2 aromatic carbocycles. The molecule has 0 unspecified atom stereocenters. The Morgan fingerprint density at radius 1 is 1.17 bits per heavy atom. The number of hydrogen-bond donors (Lipinski definition) is 1. The lowest BCUT2D eigenvalue weighted by molar-refractivity contribution is -0.127. The van der Waals surface area contributed by atoms with E-state index in [1.165, 1.54) is 0 Å². The number of methoxy groups -OCH3 is 1. The number of ether oxygens (including phenoxy) is 1. The van der Waals surface area contributed by atoms with Crippen molar-refractivity contribution in [3.63, 3.8) is 0 Å². The standard InChI is InChI=1S/C17H18Cl2N2O2/c1-21(2)16(22)10-11-9-12(23-3)7-8-15(11)20-17-13(18)5-4-6-14(17)19/h4-9,20H,10H2,1-3H3. The molecule has 2 rings (SSSR count). The summed E-state index contributed by atoms with van der Waals surface area (Å²) in [4.78, 5) is 13.6. The second-order valence-electron chi connectivity index (χ2n) is 5.21. The zero-order valence-corrected chi connectivity index (χ0v) is 14.7. The Balaban J connectivity index is 2.39. The van der Waals surface area contributed by atoms with Gasteiger partial charge in [0.05, 0.1) is 29.3 Å². The van der Waals surface area contributed by atoms with E-state index in [4.69, 9.17) is 27.9 Å². The molecule has 122 valence electrons. The highest BCUT2D eigenvalue weighted by molar-refractivity contribution is 6.39. The summed E-state index contributed by atoms with van der Waals surface area (Å²) in [6, 6.07) is 10.8. The van der Waals surface area contributed by atoms with Gasteiger partial charge in [-0.3, -0.25) is 4.79 Å². The second-order valence-corrected chi connectivity index (χ2v) is 6.02. The number of likely N-dealkylation sites (N-methyl/N-ethyl adjacent to an activating group) is 1. The molecule has 0 aromatic heterocycles. The molecule has 0 aliphatic heterocycles. The van der Waals surface area contributed by atoms with Crippen LogP contribution >= 0.6 is 23.2 Å². The Morgan fingerprint density at radius 2 is 1.83 bits per heavy atom. The minimum Gasteiger partial charge on any atom is -0.497 e. The van der Waals surface area contributed by atoms with Crippen molar-refractivity contribution in [1.82, 2.24) is 4.90 Å². The SMILES string of the molecule is COc1ccc(Nc2c(Cl)cccc2Cl)c(CC(=O)N(C)C)c1. The molecule has 0 aliphatic carbocycles. The number of para-hydroxylation sites is 1. The number of anilines is 2. The van der Waals surface area contributed by atoms with Gasteiger partial charge in [-0.1, -0.05) is 29.3 Å². The molecule has 0 fully saturated rings.